The summed E-state index contributed by atoms with van der Waals surface area (Å²) in [6.45, 7) is 1.76. The van der Waals surface area contributed by atoms with Gasteiger partial charge in [0, 0.05) is 13.0 Å². The molecule has 76 valence electrons. The molecule has 0 bridgehead atoms. The molecule has 0 aliphatic carbocycles. The molecule has 0 heterocycles. The largest absolute Gasteiger partial charge is 0.373 e. The van der Waals surface area contributed by atoms with Crippen LogP contribution in [-0.2, 0) is 9.53 Å². The number of rotatable bonds is 4. The van der Waals surface area contributed by atoms with E-state index in [0.29, 0.717) is 11.8 Å². The molecule has 0 aromatic heterocycles. The number of hydrogen-bond donors (Lipinski definition) is 0. The number of benzene rings is 1. The van der Waals surface area contributed by atoms with Gasteiger partial charge in [-0.25, -0.2) is 4.39 Å². The molecule has 0 saturated heterocycles. The van der Waals surface area contributed by atoms with Crippen molar-refractivity contribution in [2.45, 2.75) is 18.9 Å². The van der Waals surface area contributed by atoms with E-state index in [1.54, 1.807) is 25.1 Å². The zero-order chi connectivity index (χ0) is 10.6. The first kappa shape index (κ1) is 10.9. The zero-order valence-corrected chi connectivity index (χ0v) is 8.24. The van der Waals surface area contributed by atoms with Crippen LogP contribution < -0.4 is 0 Å². The third kappa shape index (κ3) is 2.17. The zero-order valence-electron chi connectivity index (χ0n) is 8.24. The Morgan fingerprint density at radius 2 is 2.07 bits per heavy atom. The lowest BCUT2D eigenvalue weighted by Crippen LogP contribution is -2.20. The Bertz CT molecular complexity index is 312. The number of carbonyl (C=O) groups excluding carboxylic acids is 1. The van der Waals surface area contributed by atoms with Crippen molar-refractivity contribution in [3.8, 4) is 0 Å². The van der Waals surface area contributed by atoms with Gasteiger partial charge in [-0.05, 0) is 11.6 Å². The third-order valence-electron chi connectivity index (χ3n) is 2.29. The van der Waals surface area contributed by atoms with E-state index < -0.39 is 6.10 Å². The lowest BCUT2D eigenvalue weighted by molar-refractivity contribution is -0.117. The number of aldehydes is 1. The molecular weight excluding hydrogens is 183 g/mol. The summed E-state index contributed by atoms with van der Waals surface area (Å²) in [6.07, 6.45) is 0.101. The molecule has 0 N–H and O–H groups in total. The molecule has 2 nitrogen and oxygen atoms in total. The minimum absolute atomic E-state index is 0.265. The second-order valence-corrected chi connectivity index (χ2v) is 3.15. The molecule has 0 aliphatic heterocycles. The molecule has 0 spiro atoms. The van der Waals surface area contributed by atoms with Crippen molar-refractivity contribution in [3.05, 3.63) is 35.6 Å². The smallest absolute Gasteiger partial charge is 0.149 e. The lowest BCUT2D eigenvalue weighted by Gasteiger charge is -2.17. The average Bonchev–Trinajstić information content (AvgIpc) is 2.20. The molecule has 0 aliphatic rings. The second kappa shape index (κ2) is 4.86. The van der Waals surface area contributed by atoms with Crippen LogP contribution >= 0.6 is 0 Å². The summed E-state index contributed by atoms with van der Waals surface area (Å²) in [7, 11) is 1.44. The summed E-state index contributed by atoms with van der Waals surface area (Å²) in [5, 5.41) is 0. The minimum atomic E-state index is -0.591. The van der Waals surface area contributed by atoms with Crippen molar-refractivity contribution in [2.75, 3.05) is 7.11 Å². The van der Waals surface area contributed by atoms with Gasteiger partial charge in [-0.2, -0.15) is 0 Å². The second-order valence-electron chi connectivity index (χ2n) is 3.15. The number of methoxy groups -OCH3 is 1. The van der Waals surface area contributed by atoms with E-state index in [0.717, 1.165) is 0 Å². The standard InChI is InChI=1S/C11H13FO2/c1-8(11(7-13)14-2)9-5-3-4-6-10(9)12/h3-8,11H,1-2H3. The third-order valence-corrected chi connectivity index (χ3v) is 2.29. The number of ether oxygens (including phenoxy) is 1. The van der Waals surface area contributed by atoms with E-state index in [1.807, 2.05) is 0 Å². The number of hydrogen-bond acceptors (Lipinski definition) is 2. The van der Waals surface area contributed by atoms with Crippen LogP contribution in [0.25, 0.3) is 0 Å². The molecular formula is C11H13FO2. The minimum Gasteiger partial charge on any atom is -0.373 e. The fraction of sp³-hybridized carbons (Fsp3) is 0.364. The highest BCUT2D eigenvalue weighted by Gasteiger charge is 2.20. The van der Waals surface area contributed by atoms with Gasteiger partial charge >= 0.3 is 0 Å². The van der Waals surface area contributed by atoms with E-state index in [9.17, 15) is 9.18 Å². The van der Waals surface area contributed by atoms with Crippen molar-refractivity contribution in [1.82, 2.24) is 0 Å². The van der Waals surface area contributed by atoms with Gasteiger partial charge in [-0.1, -0.05) is 25.1 Å². The van der Waals surface area contributed by atoms with Crippen LogP contribution in [0.1, 0.15) is 18.4 Å². The summed E-state index contributed by atoms with van der Waals surface area (Å²) < 4.78 is 18.2. The summed E-state index contributed by atoms with van der Waals surface area (Å²) in [5.74, 6) is -0.567. The van der Waals surface area contributed by atoms with Crippen LogP contribution in [0.3, 0.4) is 0 Å². The molecule has 1 aromatic rings. The van der Waals surface area contributed by atoms with Gasteiger partial charge < -0.3 is 9.53 Å². The highest BCUT2D eigenvalue weighted by atomic mass is 19.1. The normalized spacial score (nSPS) is 14.8. The molecule has 0 saturated carbocycles. The molecule has 0 fully saturated rings. The van der Waals surface area contributed by atoms with Crippen LogP contribution in [0.15, 0.2) is 24.3 Å². The Morgan fingerprint density at radius 1 is 1.43 bits per heavy atom. The maximum Gasteiger partial charge on any atom is 0.149 e. The molecule has 0 radical (unpaired) electrons. The summed E-state index contributed by atoms with van der Waals surface area (Å²) in [6, 6.07) is 6.40. The molecule has 1 aromatic carbocycles. The molecule has 3 heteroatoms. The van der Waals surface area contributed by atoms with Crippen LogP contribution in [0.5, 0.6) is 0 Å². The van der Waals surface area contributed by atoms with Crippen molar-refractivity contribution in [1.29, 1.82) is 0 Å². The van der Waals surface area contributed by atoms with Crippen molar-refractivity contribution < 1.29 is 13.9 Å². The first-order chi connectivity index (χ1) is 6.70. The Balaban J connectivity index is 2.93. The topological polar surface area (TPSA) is 26.3 Å². The van der Waals surface area contributed by atoms with E-state index in [-0.39, 0.29) is 11.7 Å². The predicted octanol–water partition coefficient (Wildman–Crippen LogP) is 2.14. The summed E-state index contributed by atoms with van der Waals surface area (Å²) in [5.41, 5.74) is 0.506. The van der Waals surface area contributed by atoms with E-state index >= 15 is 0 Å². The first-order valence-corrected chi connectivity index (χ1v) is 4.43. The summed E-state index contributed by atoms with van der Waals surface area (Å²) in [4.78, 5) is 10.6. The average molecular weight is 196 g/mol. The van der Waals surface area contributed by atoms with E-state index in [4.69, 9.17) is 4.74 Å². The fourth-order valence-electron chi connectivity index (χ4n) is 1.40. The van der Waals surface area contributed by atoms with E-state index in [2.05, 4.69) is 0 Å². The Kier molecular flexibility index (Phi) is 3.77. The molecule has 1 rings (SSSR count). The maximum absolute atomic E-state index is 13.3. The van der Waals surface area contributed by atoms with Crippen molar-refractivity contribution in [3.63, 3.8) is 0 Å². The summed E-state index contributed by atoms with van der Waals surface area (Å²) >= 11 is 0. The highest BCUT2D eigenvalue weighted by Crippen LogP contribution is 2.22. The van der Waals surface area contributed by atoms with Gasteiger partial charge in [0.1, 0.15) is 18.2 Å². The predicted molar refractivity (Wildman–Crippen MR) is 51.7 cm³/mol. The van der Waals surface area contributed by atoms with Gasteiger partial charge in [-0.15, -0.1) is 0 Å². The fourth-order valence-corrected chi connectivity index (χ4v) is 1.40. The van der Waals surface area contributed by atoms with Crippen molar-refractivity contribution in [2.24, 2.45) is 0 Å². The van der Waals surface area contributed by atoms with Crippen LogP contribution in [0, 0.1) is 5.82 Å². The Hall–Kier alpha value is -1.22. The van der Waals surface area contributed by atoms with Gasteiger partial charge in [-0.3, -0.25) is 0 Å². The van der Waals surface area contributed by atoms with Gasteiger partial charge in [0.2, 0.25) is 0 Å². The highest BCUT2D eigenvalue weighted by molar-refractivity contribution is 5.58. The first-order valence-electron chi connectivity index (χ1n) is 4.43. The Morgan fingerprint density at radius 3 is 2.57 bits per heavy atom. The monoisotopic (exact) mass is 196 g/mol. The molecule has 2 atom stereocenters. The quantitative estimate of drug-likeness (QED) is 0.690. The van der Waals surface area contributed by atoms with Crippen LogP contribution in [0.2, 0.25) is 0 Å². The van der Waals surface area contributed by atoms with Crippen LogP contribution in [-0.4, -0.2) is 19.5 Å². The number of halogens is 1. The molecule has 0 amide bonds. The van der Waals surface area contributed by atoms with Gasteiger partial charge in [0.15, 0.2) is 0 Å². The molecule has 14 heavy (non-hydrogen) atoms. The van der Waals surface area contributed by atoms with Crippen LogP contribution in [0.4, 0.5) is 4.39 Å². The molecule has 2 unspecified atom stereocenters. The maximum atomic E-state index is 13.3. The van der Waals surface area contributed by atoms with Crippen molar-refractivity contribution >= 4 is 6.29 Å². The van der Waals surface area contributed by atoms with Gasteiger partial charge in [0.25, 0.3) is 0 Å². The Labute approximate surface area is 82.7 Å². The number of carbonyl (C=O) groups is 1. The lowest BCUT2D eigenvalue weighted by atomic mass is 9.95. The van der Waals surface area contributed by atoms with E-state index in [1.165, 1.54) is 13.2 Å². The SMILES string of the molecule is COC(C=O)C(C)c1ccccc1F. The van der Waals surface area contributed by atoms with Gasteiger partial charge in [0.05, 0.1) is 0 Å².